The Kier molecular flexibility index (Phi) is 4.80. The third-order valence-electron chi connectivity index (χ3n) is 3.72. The van der Waals surface area contributed by atoms with Crippen LogP contribution in [0.5, 0.6) is 0 Å². The van der Waals surface area contributed by atoms with Crippen molar-refractivity contribution in [1.29, 1.82) is 0 Å². The molecule has 6 nitrogen and oxygen atoms in total. The second kappa shape index (κ2) is 7.22. The minimum absolute atomic E-state index is 0.0138. The van der Waals surface area contributed by atoms with Gasteiger partial charge in [-0.05, 0) is 30.5 Å². The minimum Gasteiger partial charge on any atom is -0.338 e. The van der Waals surface area contributed by atoms with Gasteiger partial charge in [-0.3, -0.25) is 9.36 Å². The first-order chi connectivity index (χ1) is 12.7. The summed E-state index contributed by atoms with van der Waals surface area (Å²) in [5.41, 5.74) is 1.50. The van der Waals surface area contributed by atoms with Crippen LogP contribution in [0.25, 0.3) is 21.6 Å². The van der Waals surface area contributed by atoms with E-state index in [9.17, 15) is 4.79 Å². The molecular formula is C17H13ClN4O2S2. The molecule has 4 rings (SSSR count). The Labute approximate surface area is 161 Å². The molecular weight excluding hydrogens is 392 g/mol. The molecule has 132 valence electrons. The Bertz CT molecular complexity index is 1140. The van der Waals surface area contributed by atoms with Crippen LogP contribution >= 0.6 is 34.7 Å². The number of rotatable bonds is 5. The van der Waals surface area contributed by atoms with Crippen molar-refractivity contribution in [1.82, 2.24) is 19.7 Å². The molecule has 26 heavy (non-hydrogen) atoms. The van der Waals surface area contributed by atoms with E-state index in [-0.39, 0.29) is 5.56 Å². The molecule has 0 saturated carbocycles. The number of hydrogen-bond donors (Lipinski definition) is 0. The fourth-order valence-corrected chi connectivity index (χ4v) is 4.37. The molecule has 0 spiro atoms. The van der Waals surface area contributed by atoms with Gasteiger partial charge in [-0.1, -0.05) is 40.7 Å². The van der Waals surface area contributed by atoms with E-state index in [1.807, 2.05) is 30.5 Å². The fraction of sp³-hybridized carbons (Fsp3) is 0.176. The van der Waals surface area contributed by atoms with Crippen molar-refractivity contribution < 1.29 is 4.52 Å². The number of aromatic nitrogens is 4. The van der Waals surface area contributed by atoms with Crippen LogP contribution in [0.2, 0.25) is 5.02 Å². The normalized spacial score (nSPS) is 11.3. The molecule has 0 radical (unpaired) electrons. The summed E-state index contributed by atoms with van der Waals surface area (Å²) in [5, 5.41) is 7.13. The van der Waals surface area contributed by atoms with Gasteiger partial charge in [-0.25, -0.2) is 4.98 Å². The van der Waals surface area contributed by atoms with Gasteiger partial charge in [0.15, 0.2) is 5.16 Å². The monoisotopic (exact) mass is 404 g/mol. The van der Waals surface area contributed by atoms with Gasteiger partial charge in [0.2, 0.25) is 11.7 Å². The topological polar surface area (TPSA) is 73.8 Å². The van der Waals surface area contributed by atoms with Crippen LogP contribution in [0, 0.1) is 0 Å². The number of nitrogens with zero attached hydrogens (tertiary/aromatic N) is 4. The Morgan fingerprint density at radius 3 is 3.00 bits per heavy atom. The molecule has 4 aromatic rings. The summed E-state index contributed by atoms with van der Waals surface area (Å²) >= 11 is 8.81. The van der Waals surface area contributed by atoms with Gasteiger partial charge in [0, 0.05) is 17.1 Å². The molecule has 1 aromatic carbocycles. The lowest BCUT2D eigenvalue weighted by molar-refractivity contribution is 0.391. The molecule has 9 heteroatoms. The van der Waals surface area contributed by atoms with E-state index in [4.69, 9.17) is 16.1 Å². The van der Waals surface area contributed by atoms with Gasteiger partial charge >= 0.3 is 0 Å². The number of fused-ring (bicyclic) bond motifs is 1. The fourth-order valence-electron chi connectivity index (χ4n) is 2.50. The average molecular weight is 405 g/mol. The number of thioether (sulfide) groups is 1. The lowest BCUT2D eigenvalue weighted by Crippen LogP contribution is -2.21. The van der Waals surface area contributed by atoms with Gasteiger partial charge in [-0.15, -0.1) is 11.3 Å². The smallest absolute Gasteiger partial charge is 0.272 e. The van der Waals surface area contributed by atoms with Crippen molar-refractivity contribution in [3.63, 3.8) is 0 Å². The van der Waals surface area contributed by atoms with Crippen molar-refractivity contribution in [2.75, 3.05) is 0 Å². The van der Waals surface area contributed by atoms with E-state index < -0.39 is 0 Å². The summed E-state index contributed by atoms with van der Waals surface area (Å²) in [7, 11) is 0. The van der Waals surface area contributed by atoms with Gasteiger partial charge < -0.3 is 4.52 Å². The van der Waals surface area contributed by atoms with Crippen LogP contribution in [0.15, 0.2) is 50.2 Å². The molecule has 0 fully saturated rings. The van der Waals surface area contributed by atoms with E-state index in [0.717, 1.165) is 11.1 Å². The van der Waals surface area contributed by atoms with Crippen molar-refractivity contribution >= 4 is 44.9 Å². The van der Waals surface area contributed by atoms with Crippen molar-refractivity contribution in [3.8, 4) is 11.4 Å². The molecule has 0 aliphatic carbocycles. The highest BCUT2D eigenvalue weighted by Gasteiger charge is 2.14. The largest absolute Gasteiger partial charge is 0.338 e. The van der Waals surface area contributed by atoms with Crippen LogP contribution in [0.1, 0.15) is 12.8 Å². The van der Waals surface area contributed by atoms with Crippen molar-refractivity contribution in [2.45, 2.75) is 24.4 Å². The molecule has 0 amide bonds. The first-order valence-corrected chi connectivity index (χ1v) is 10.1. The highest BCUT2D eigenvalue weighted by Crippen LogP contribution is 2.25. The third-order valence-corrected chi connectivity index (χ3v) is 5.81. The number of benzene rings is 1. The summed E-state index contributed by atoms with van der Waals surface area (Å²) < 4.78 is 7.66. The Morgan fingerprint density at radius 2 is 2.19 bits per heavy atom. The molecule has 3 heterocycles. The zero-order valence-electron chi connectivity index (χ0n) is 13.7. The number of thiophene rings is 1. The van der Waals surface area contributed by atoms with E-state index in [2.05, 4.69) is 15.1 Å². The summed E-state index contributed by atoms with van der Waals surface area (Å²) in [6.45, 7) is 2.48. The van der Waals surface area contributed by atoms with E-state index in [1.54, 1.807) is 16.7 Å². The zero-order valence-corrected chi connectivity index (χ0v) is 16.1. The zero-order chi connectivity index (χ0) is 18.1. The van der Waals surface area contributed by atoms with Crippen LogP contribution in [0.4, 0.5) is 0 Å². The lowest BCUT2D eigenvalue weighted by Gasteiger charge is -2.08. The van der Waals surface area contributed by atoms with Crippen LogP contribution in [-0.2, 0) is 12.3 Å². The van der Waals surface area contributed by atoms with Gasteiger partial charge in [0.05, 0.1) is 11.3 Å². The van der Waals surface area contributed by atoms with Gasteiger partial charge in [0.25, 0.3) is 5.56 Å². The Balaban J connectivity index is 1.58. The summed E-state index contributed by atoms with van der Waals surface area (Å²) in [6.07, 6.45) is 0. The third kappa shape index (κ3) is 3.27. The molecule has 0 bridgehead atoms. The van der Waals surface area contributed by atoms with E-state index in [1.165, 1.54) is 23.1 Å². The quantitative estimate of drug-likeness (QED) is 0.361. The Morgan fingerprint density at radius 1 is 1.31 bits per heavy atom. The van der Waals surface area contributed by atoms with Crippen LogP contribution in [0.3, 0.4) is 0 Å². The molecule has 0 N–H and O–H groups in total. The summed E-state index contributed by atoms with van der Waals surface area (Å²) in [5.74, 6) is 1.37. The summed E-state index contributed by atoms with van der Waals surface area (Å²) in [6, 6.07) is 9.13. The summed E-state index contributed by atoms with van der Waals surface area (Å²) in [4.78, 5) is 21.5. The Hall–Kier alpha value is -2.16. The van der Waals surface area contributed by atoms with Gasteiger partial charge in [-0.2, -0.15) is 4.98 Å². The highest BCUT2D eigenvalue weighted by molar-refractivity contribution is 7.98. The molecule has 0 saturated heterocycles. The predicted octanol–water partition coefficient (Wildman–Crippen LogP) is 4.47. The maximum absolute atomic E-state index is 12.5. The SMILES string of the molecule is CCn1c(SCc2nc(-c3cccc(Cl)c3)no2)nc2ccsc2c1=O. The maximum Gasteiger partial charge on any atom is 0.272 e. The molecule has 0 unspecified atom stereocenters. The van der Waals surface area contributed by atoms with Gasteiger partial charge in [0.1, 0.15) is 4.70 Å². The first kappa shape index (κ1) is 17.3. The first-order valence-electron chi connectivity index (χ1n) is 7.85. The van der Waals surface area contributed by atoms with Crippen LogP contribution in [-0.4, -0.2) is 19.7 Å². The molecule has 0 aliphatic heterocycles. The number of hydrogen-bond acceptors (Lipinski definition) is 7. The standard InChI is InChI=1S/C17H13ClN4O2S2/c1-2-22-16(23)14-12(6-7-25-14)19-17(22)26-9-13-20-15(21-24-13)10-4-3-5-11(18)8-10/h3-8H,2,9H2,1H3. The predicted molar refractivity (Wildman–Crippen MR) is 104 cm³/mol. The van der Waals surface area contributed by atoms with Crippen molar-refractivity contribution in [2.24, 2.45) is 0 Å². The highest BCUT2D eigenvalue weighted by atomic mass is 35.5. The maximum atomic E-state index is 12.5. The van der Waals surface area contributed by atoms with Crippen molar-refractivity contribution in [3.05, 3.63) is 57.0 Å². The second-order valence-corrected chi connectivity index (χ2v) is 7.68. The molecule has 0 aliphatic rings. The lowest BCUT2D eigenvalue weighted by atomic mass is 10.2. The number of halogens is 1. The minimum atomic E-state index is -0.0138. The average Bonchev–Trinajstić information content (AvgIpc) is 3.29. The van der Waals surface area contributed by atoms with Crippen LogP contribution < -0.4 is 5.56 Å². The van der Waals surface area contributed by atoms with E-state index >= 15 is 0 Å². The second-order valence-electron chi connectivity index (χ2n) is 5.39. The van der Waals surface area contributed by atoms with E-state index in [0.29, 0.717) is 38.9 Å². The molecule has 3 aromatic heterocycles. The molecule has 0 atom stereocenters.